The number of nitrogens with two attached hydrogens (primary N) is 1. The average molecular weight is 252 g/mol. The normalized spacial score (nSPS) is 12.4. The zero-order chi connectivity index (χ0) is 13.5. The first kappa shape index (κ1) is 14.7. The van der Waals surface area contributed by atoms with Crippen LogP contribution in [0.4, 0.5) is 11.6 Å². The van der Waals surface area contributed by atoms with Crippen LogP contribution in [0, 0.1) is 6.92 Å². The van der Waals surface area contributed by atoms with Crippen LogP contribution in [0.25, 0.3) is 0 Å². The number of aromatic nitrogens is 2. The molecule has 18 heavy (non-hydrogen) atoms. The molecule has 1 rings (SSSR count). The molecule has 1 aromatic heterocycles. The summed E-state index contributed by atoms with van der Waals surface area (Å²) >= 11 is 0. The molecule has 1 unspecified atom stereocenters. The van der Waals surface area contributed by atoms with Crippen LogP contribution in [0.2, 0.25) is 0 Å². The zero-order valence-corrected chi connectivity index (χ0v) is 11.5. The van der Waals surface area contributed by atoms with Crippen LogP contribution < -0.4 is 11.1 Å². The Labute approximate surface area is 109 Å². The Morgan fingerprint density at radius 2 is 2.06 bits per heavy atom. The number of nitrogens with one attached hydrogen (secondary N) is 1. The fourth-order valence-electron chi connectivity index (χ4n) is 1.79. The minimum atomic E-state index is 0.174. The molecular formula is C13H24N4O. The highest BCUT2D eigenvalue weighted by molar-refractivity contribution is 5.55. The summed E-state index contributed by atoms with van der Waals surface area (Å²) in [7, 11) is 0. The lowest BCUT2D eigenvalue weighted by atomic mass is 10.1. The maximum Gasteiger partial charge on any atom is 0.134 e. The number of nitrogens with zero attached hydrogens (tertiary/aromatic N) is 2. The van der Waals surface area contributed by atoms with Gasteiger partial charge in [-0.1, -0.05) is 13.8 Å². The van der Waals surface area contributed by atoms with Crippen molar-refractivity contribution in [3.8, 4) is 0 Å². The van der Waals surface area contributed by atoms with Gasteiger partial charge in [0.15, 0.2) is 0 Å². The molecule has 1 heterocycles. The van der Waals surface area contributed by atoms with E-state index >= 15 is 0 Å². The number of rotatable bonds is 7. The summed E-state index contributed by atoms with van der Waals surface area (Å²) < 4.78 is 0. The van der Waals surface area contributed by atoms with Crippen molar-refractivity contribution in [3.63, 3.8) is 0 Å². The molecule has 1 aromatic rings. The first-order valence-electron chi connectivity index (χ1n) is 6.62. The molecule has 102 valence electrons. The van der Waals surface area contributed by atoms with Crippen LogP contribution >= 0.6 is 0 Å². The van der Waals surface area contributed by atoms with Crippen LogP contribution in [0.1, 0.15) is 44.5 Å². The van der Waals surface area contributed by atoms with Crippen molar-refractivity contribution in [3.05, 3.63) is 11.4 Å². The van der Waals surface area contributed by atoms with E-state index in [2.05, 4.69) is 29.1 Å². The molecule has 4 N–H and O–H groups in total. The molecule has 0 spiro atoms. The third-order valence-electron chi connectivity index (χ3n) is 3.01. The fourth-order valence-corrected chi connectivity index (χ4v) is 1.79. The molecule has 0 amide bonds. The first-order chi connectivity index (χ1) is 8.62. The summed E-state index contributed by atoms with van der Waals surface area (Å²) in [5.74, 6) is 2.11. The monoisotopic (exact) mass is 252 g/mol. The topological polar surface area (TPSA) is 84.1 Å². The second-order valence-electron chi connectivity index (χ2n) is 4.51. The van der Waals surface area contributed by atoms with Gasteiger partial charge in [-0.15, -0.1) is 0 Å². The van der Waals surface area contributed by atoms with Crippen molar-refractivity contribution in [1.82, 2.24) is 9.97 Å². The van der Waals surface area contributed by atoms with E-state index in [1.54, 1.807) is 0 Å². The minimum absolute atomic E-state index is 0.174. The number of anilines is 2. The van der Waals surface area contributed by atoms with Crippen molar-refractivity contribution in [2.75, 3.05) is 17.7 Å². The van der Waals surface area contributed by atoms with E-state index in [4.69, 9.17) is 10.8 Å². The summed E-state index contributed by atoms with van der Waals surface area (Å²) in [6.45, 7) is 6.26. The Kier molecular flexibility index (Phi) is 5.85. The fraction of sp³-hybridized carbons (Fsp3) is 0.692. The van der Waals surface area contributed by atoms with Gasteiger partial charge in [0, 0.05) is 24.6 Å². The summed E-state index contributed by atoms with van der Waals surface area (Å²) in [4.78, 5) is 8.79. The molecule has 0 radical (unpaired) electrons. The van der Waals surface area contributed by atoms with E-state index in [0.717, 1.165) is 36.5 Å². The van der Waals surface area contributed by atoms with E-state index in [0.29, 0.717) is 12.2 Å². The molecule has 0 bridgehead atoms. The van der Waals surface area contributed by atoms with Crippen molar-refractivity contribution < 1.29 is 5.11 Å². The molecule has 1 atom stereocenters. The highest BCUT2D eigenvalue weighted by atomic mass is 16.3. The molecule has 0 saturated heterocycles. The Bertz CT molecular complexity index is 381. The van der Waals surface area contributed by atoms with Crippen LogP contribution in [-0.2, 0) is 6.42 Å². The second kappa shape index (κ2) is 7.16. The Balaban J connectivity index is 2.91. The van der Waals surface area contributed by atoms with Gasteiger partial charge >= 0.3 is 0 Å². The maximum atomic E-state index is 9.01. The Morgan fingerprint density at radius 1 is 1.33 bits per heavy atom. The standard InChI is InChI=1S/C13H24N4O/c1-4-6-11-16-12(14)9(3)13(17-11)15-10(5-2)7-8-18/h10,18H,4-8H2,1-3H3,(H3,14,15,16,17). The van der Waals surface area contributed by atoms with E-state index < -0.39 is 0 Å². The molecule has 0 saturated carbocycles. The van der Waals surface area contributed by atoms with Crippen molar-refractivity contribution in [2.24, 2.45) is 0 Å². The minimum Gasteiger partial charge on any atom is -0.396 e. The van der Waals surface area contributed by atoms with E-state index in [1.165, 1.54) is 0 Å². The third kappa shape index (κ3) is 3.84. The van der Waals surface area contributed by atoms with Gasteiger partial charge in [0.1, 0.15) is 17.5 Å². The van der Waals surface area contributed by atoms with Gasteiger partial charge in [0.25, 0.3) is 0 Å². The van der Waals surface area contributed by atoms with Gasteiger partial charge in [-0.2, -0.15) is 0 Å². The molecule has 0 aliphatic heterocycles. The molecule has 0 fully saturated rings. The first-order valence-corrected chi connectivity index (χ1v) is 6.62. The van der Waals surface area contributed by atoms with Gasteiger partial charge in [0.05, 0.1) is 0 Å². The summed E-state index contributed by atoms with van der Waals surface area (Å²) in [6.07, 6.45) is 3.47. The highest BCUT2D eigenvalue weighted by Gasteiger charge is 2.12. The maximum absolute atomic E-state index is 9.01. The van der Waals surface area contributed by atoms with Crippen LogP contribution in [0.15, 0.2) is 0 Å². The van der Waals surface area contributed by atoms with Gasteiger partial charge in [-0.3, -0.25) is 0 Å². The second-order valence-corrected chi connectivity index (χ2v) is 4.51. The van der Waals surface area contributed by atoms with Crippen molar-refractivity contribution >= 4 is 11.6 Å². The lowest BCUT2D eigenvalue weighted by Gasteiger charge is -2.19. The number of aryl methyl sites for hydroxylation is 1. The van der Waals surface area contributed by atoms with Gasteiger partial charge in [0.2, 0.25) is 0 Å². The zero-order valence-electron chi connectivity index (χ0n) is 11.5. The molecule has 5 nitrogen and oxygen atoms in total. The lowest BCUT2D eigenvalue weighted by Crippen LogP contribution is -2.22. The summed E-state index contributed by atoms with van der Waals surface area (Å²) in [5.41, 5.74) is 6.78. The third-order valence-corrected chi connectivity index (χ3v) is 3.01. The number of aliphatic hydroxyl groups is 1. The SMILES string of the molecule is CCCc1nc(N)c(C)c(NC(CC)CCO)n1. The van der Waals surface area contributed by atoms with Gasteiger partial charge in [-0.25, -0.2) is 9.97 Å². The number of hydrogen-bond acceptors (Lipinski definition) is 5. The van der Waals surface area contributed by atoms with Gasteiger partial charge < -0.3 is 16.2 Å². The molecule has 5 heteroatoms. The van der Waals surface area contributed by atoms with Crippen LogP contribution in [-0.4, -0.2) is 27.7 Å². The van der Waals surface area contributed by atoms with E-state index in [-0.39, 0.29) is 12.6 Å². The number of nitrogen functional groups attached to an aromatic ring is 1. The molecule has 0 aliphatic rings. The smallest absolute Gasteiger partial charge is 0.134 e. The predicted octanol–water partition coefficient (Wildman–Crippen LogP) is 1.89. The Morgan fingerprint density at radius 3 is 2.61 bits per heavy atom. The summed E-state index contributed by atoms with van der Waals surface area (Å²) in [6, 6.07) is 0.220. The van der Waals surface area contributed by atoms with E-state index in [9.17, 15) is 0 Å². The van der Waals surface area contributed by atoms with Crippen LogP contribution in [0.3, 0.4) is 0 Å². The quantitative estimate of drug-likeness (QED) is 0.690. The lowest BCUT2D eigenvalue weighted by molar-refractivity contribution is 0.278. The average Bonchev–Trinajstić information content (AvgIpc) is 2.35. The molecule has 0 aliphatic carbocycles. The Hall–Kier alpha value is -1.36. The number of aliphatic hydroxyl groups excluding tert-OH is 1. The van der Waals surface area contributed by atoms with Crippen LogP contribution in [0.5, 0.6) is 0 Å². The van der Waals surface area contributed by atoms with Gasteiger partial charge in [-0.05, 0) is 26.2 Å². The predicted molar refractivity (Wildman–Crippen MR) is 74.6 cm³/mol. The molecular weight excluding hydrogens is 228 g/mol. The highest BCUT2D eigenvalue weighted by Crippen LogP contribution is 2.19. The summed E-state index contributed by atoms with van der Waals surface area (Å²) in [5, 5.41) is 12.4. The van der Waals surface area contributed by atoms with Crippen molar-refractivity contribution in [2.45, 2.75) is 52.5 Å². The largest absolute Gasteiger partial charge is 0.396 e. The van der Waals surface area contributed by atoms with Crippen molar-refractivity contribution in [1.29, 1.82) is 0 Å². The van der Waals surface area contributed by atoms with E-state index in [1.807, 2.05) is 6.92 Å². The molecule has 0 aromatic carbocycles. The number of hydrogen-bond donors (Lipinski definition) is 3.